The van der Waals surface area contributed by atoms with Gasteiger partial charge in [0.1, 0.15) is 17.9 Å². The Labute approximate surface area is 107 Å². The van der Waals surface area contributed by atoms with E-state index in [1.807, 2.05) is 45.0 Å². The largest absolute Gasteiger partial charge is 0.490 e. The first-order chi connectivity index (χ1) is 8.59. The Hall–Kier alpha value is -2.10. The predicted octanol–water partition coefficient (Wildman–Crippen LogP) is 2.82. The molecule has 0 spiro atoms. The number of rotatable bonds is 3. The van der Waals surface area contributed by atoms with Crippen molar-refractivity contribution >= 4 is 5.82 Å². The van der Waals surface area contributed by atoms with Gasteiger partial charge in [-0.3, -0.25) is 0 Å². The Morgan fingerprint density at radius 1 is 1.17 bits per heavy atom. The van der Waals surface area contributed by atoms with Gasteiger partial charge in [0.2, 0.25) is 0 Å². The highest BCUT2D eigenvalue weighted by Crippen LogP contribution is 2.32. The van der Waals surface area contributed by atoms with Crippen molar-refractivity contribution in [1.82, 2.24) is 9.97 Å². The van der Waals surface area contributed by atoms with E-state index < -0.39 is 0 Å². The van der Waals surface area contributed by atoms with Gasteiger partial charge < -0.3 is 10.5 Å². The minimum atomic E-state index is 0.116. The Morgan fingerprint density at radius 3 is 2.61 bits per heavy atom. The van der Waals surface area contributed by atoms with E-state index >= 15 is 0 Å². The average molecular weight is 243 g/mol. The van der Waals surface area contributed by atoms with E-state index in [0.717, 1.165) is 22.6 Å². The summed E-state index contributed by atoms with van der Waals surface area (Å²) in [5.74, 6) is 1.31. The van der Waals surface area contributed by atoms with Gasteiger partial charge in [-0.15, -0.1) is 0 Å². The van der Waals surface area contributed by atoms with Gasteiger partial charge in [-0.1, -0.05) is 12.1 Å². The number of anilines is 1. The average Bonchev–Trinajstić information content (AvgIpc) is 2.33. The van der Waals surface area contributed by atoms with Crippen LogP contribution in [0.25, 0.3) is 11.3 Å². The molecule has 1 heterocycles. The SMILES string of the molecule is Cc1c(N)ncnc1-c1ccccc1OC(C)C. The van der Waals surface area contributed by atoms with E-state index in [0.29, 0.717) is 5.82 Å². The fraction of sp³-hybridized carbons (Fsp3) is 0.286. The van der Waals surface area contributed by atoms with Crippen LogP contribution in [-0.2, 0) is 0 Å². The highest BCUT2D eigenvalue weighted by atomic mass is 16.5. The molecule has 1 aromatic heterocycles. The number of nitrogens with zero attached hydrogens (tertiary/aromatic N) is 2. The summed E-state index contributed by atoms with van der Waals surface area (Å²) >= 11 is 0. The molecular formula is C14H17N3O. The molecule has 94 valence electrons. The fourth-order valence-corrected chi connectivity index (χ4v) is 1.75. The van der Waals surface area contributed by atoms with Gasteiger partial charge in [0, 0.05) is 11.1 Å². The maximum atomic E-state index is 5.82. The highest BCUT2D eigenvalue weighted by molar-refractivity contribution is 5.72. The molecule has 4 nitrogen and oxygen atoms in total. The third kappa shape index (κ3) is 2.42. The van der Waals surface area contributed by atoms with Gasteiger partial charge in [-0.25, -0.2) is 9.97 Å². The summed E-state index contributed by atoms with van der Waals surface area (Å²) in [5, 5.41) is 0. The summed E-state index contributed by atoms with van der Waals surface area (Å²) in [6, 6.07) is 7.82. The molecule has 2 rings (SSSR count). The van der Waals surface area contributed by atoms with E-state index in [2.05, 4.69) is 9.97 Å². The molecular weight excluding hydrogens is 226 g/mol. The second kappa shape index (κ2) is 5.04. The summed E-state index contributed by atoms with van der Waals surface area (Å²) in [6.07, 6.45) is 1.59. The van der Waals surface area contributed by atoms with Gasteiger partial charge in [0.25, 0.3) is 0 Å². The summed E-state index contributed by atoms with van der Waals surface area (Å²) < 4.78 is 5.79. The molecule has 0 aliphatic rings. The molecule has 0 radical (unpaired) electrons. The predicted molar refractivity (Wildman–Crippen MR) is 72.4 cm³/mol. The smallest absolute Gasteiger partial charge is 0.130 e. The van der Waals surface area contributed by atoms with E-state index in [1.165, 1.54) is 6.33 Å². The molecule has 0 atom stereocenters. The van der Waals surface area contributed by atoms with Crippen LogP contribution in [0.3, 0.4) is 0 Å². The molecule has 0 amide bonds. The van der Waals surface area contributed by atoms with Crippen LogP contribution in [0.5, 0.6) is 5.75 Å². The van der Waals surface area contributed by atoms with Crippen LogP contribution in [0.15, 0.2) is 30.6 Å². The number of benzene rings is 1. The molecule has 2 aromatic rings. The number of aromatic nitrogens is 2. The van der Waals surface area contributed by atoms with Gasteiger partial charge in [0.15, 0.2) is 0 Å². The lowest BCUT2D eigenvalue weighted by Gasteiger charge is -2.15. The van der Waals surface area contributed by atoms with Crippen molar-refractivity contribution in [3.8, 4) is 17.0 Å². The van der Waals surface area contributed by atoms with Crippen LogP contribution in [0.1, 0.15) is 19.4 Å². The van der Waals surface area contributed by atoms with Crippen LogP contribution in [0, 0.1) is 6.92 Å². The van der Waals surface area contributed by atoms with Crippen molar-refractivity contribution in [2.45, 2.75) is 26.9 Å². The summed E-state index contributed by atoms with van der Waals surface area (Å²) in [6.45, 7) is 5.91. The quantitative estimate of drug-likeness (QED) is 0.900. The normalized spacial score (nSPS) is 10.7. The second-order valence-electron chi connectivity index (χ2n) is 4.40. The van der Waals surface area contributed by atoms with Gasteiger partial charge in [0.05, 0.1) is 11.8 Å². The Kier molecular flexibility index (Phi) is 3.46. The van der Waals surface area contributed by atoms with Crippen molar-refractivity contribution in [3.05, 3.63) is 36.2 Å². The first-order valence-electron chi connectivity index (χ1n) is 5.92. The van der Waals surface area contributed by atoms with Crippen LogP contribution in [0.2, 0.25) is 0 Å². The molecule has 4 heteroatoms. The van der Waals surface area contributed by atoms with E-state index in [-0.39, 0.29) is 6.10 Å². The van der Waals surface area contributed by atoms with Crippen molar-refractivity contribution in [2.24, 2.45) is 0 Å². The van der Waals surface area contributed by atoms with Crippen molar-refractivity contribution in [3.63, 3.8) is 0 Å². The van der Waals surface area contributed by atoms with Crippen LogP contribution in [-0.4, -0.2) is 16.1 Å². The van der Waals surface area contributed by atoms with Gasteiger partial charge in [-0.2, -0.15) is 0 Å². The first kappa shape index (κ1) is 12.4. The molecule has 18 heavy (non-hydrogen) atoms. The second-order valence-corrected chi connectivity index (χ2v) is 4.40. The van der Waals surface area contributed by atoms with E-state index in [1.54, 1.807) is 0 Å². The van der Waals surface area contributed by atoms with Gasteiger partial charge in [-0.05, 0) is 32.9 Å². The lowest BCUT2D eigenvalue weighted by atomic mass is 10.1. The molecule has 2 N–H and O–H groups in total. The maximum Gasteiger partial charge on any atom is 0.130 e. The number of hydrogen-bond donors (Lipinski definition) is 1. The zero-order valence-electron chi connectivity index (χ0n) is 10.8. The van der Waals surface area contributed by atoms with Crippen LogP contribution < -0.4 is 10.5 Å². The lowest BCUT2D eigenvalue weighted by molar-refractivity contribution is 0.243. The molecule has 0 bridgehead atoms. The standard InChI is InChI=1S/C14H17N3O/c1-9(2)18-12-7-5-4-6-11(12)13-10(3)14(15)17-8-16-13/h4-9H,1-3H3,(H2,15,16,17). The number of nitrogens with two attached hydrogens (primary N) is 1. The fourth-order valence-electron chi connectivity index (χ4n) is 1.75. The minimum absolute atomic E-state index is 0.116. The summed E-state index contributed by atoms with van der Waals surface area (Å²) in [7, 11) is 0. The van der Waals surface area contributed by atoms with E-state index in [4.69, 9.17) is 10.5 Å². The van der Waals surface area contributed by atoms with Crippen molar-refractivity contribution < 1.29 is 4.74 Å². The van der Waals surface area contributed by atoms with Crippen LogP contribution in [0.4, 0.5) is 5.82 Å². The number of nitrogen functional groups attached to an aromatic ring is 1. The topological polar surface area (TPSA) is 61.0 Å². The maximum absolute atomic E-state index is 5.82. The molecule has 1 aromatic carbocycles. The van der Waals surface area contributed by atoms with Crippen LogP contribution >= 0.6 is 0 Å². The first-order valence-corrected chi connectivity index (χ1v) is 5.92. The third-order valence-corrected chi connectivity index (χ3v) is 2.63. The molecule has 0 aliphatic heterocycles. The molecule has 0 saturated carbocycles. The summed E-state index contributed by atoms with van der Waals surface area (Å²) in [5.41, 5.74) is 8.45. The number of ether oxygens (including phenoxy) is 1. The third-order valence-electron chi connectivity index (χ3n) is 2.63. The minimum Gasteiger partial charge on any atom is -0.490 e. The number of hydrogen-bond acceptors (Lipinski definition) is 4. The monoisotopic (exact) mass is 243 g/mol. The van der Waals surface area contributed by atoms with Gasteiger partial charge >= 0.3 is 0 Å². The molecule has 0 saturated heterocycles. The Morgan fingerprint density at radius 2 is 1.89 bits per heavy atom. The molecule has 0 fully saturated rings. The Balaban J connectivity index is 2.53. The molecule has 0 unspecified atom stereocenters. The number of para-hydroxylation sites is 1. The summed E-state index contributed by atoms with van der Waals surface area (Å²) in [4.78, 5) is 8.29. The molecule has 0 aliphatic carbocycles. The van der Waals surface area contributed by atoms with Crippen molar-refractivity contribution in [2.75, 3.05) is 5.73 Å². The van der Waals surface area contributed by atoms with Crippen molar-refractivity contribution in [1.29, 1.82) is 0 Å². The zero-order valence-corrected chi connectivity index (χ0v) is 10.8. The zero-order chi connectivity index (χ0) is 13.1. The highest BCUT2D eigenvalue weighted by Gasteiger charge is 2.12. The van der Waals surface area contributed by atoms with E-state index in [9.17, 15) is 0 Å². The lowest BCUT2D eigenvalue weighted by Crippen LogP contribution is -2.07. The Bertz CT molecular complexity index is 552.